The van der Waals surface area contributed by atoms with Crippen LogP contribution in [0.15, 0.2) is 48.5 Å². The van der Waals surface area contributed by atoms with Gasteiger partial charge in [0, 0.05) is 11.1 Å². The van der Waals surface area contributed by atoms with Gasteiger partial charge >= 0.3 is 0 Å². The molecule has 0 saturated heterocycles. The Hall–Kier alpha value is -2.53. The first kappa shape index (κ1) is 10.6. The van der Waals surface area contributed by atoms with Crippen LogP contribution in [0.1, 0.15) is 16.7 Å². The number of carbonyl (C=O) groups is 1. The van der Waals surface area contributed by atoms with Crippen LogP contribution in [0.2, 0.25) is 0 Å². The van der Waals surface area contributed by atoms with E-state index in [1.54, 1.807) is 4.90 Å². The van der Waals surface area contributed by atoms with E-state index >= 15 is 0 Å². The molecule has 1 heterocycles. The molecule has 0 fully saturated rings. The van der Waals surface area contributed by atoms with Crippen molar-refractivity contribution >= 4 is 12.1 Å². The van der Waals surface area contributed by atoms with Gasteiger partial charge in [-0.05, 0) is 23.8 Å². The Kier molecular flexibility index (Phi) is 2.59. The third-order valence-corrected chi connectivity index (χ3v) is 3.03. The second kappa shape index (κ2) is 4.38. The number of fused-ring (bicyclic) bond motifs is 2. The zero-order valence-corrected chi connectivity index (χ0v) is 9.76. The minimum atomic E-state index is 0.561. The quantitative estimate of drug-likeness (QED) is 0.547. The van der Waals surface area contributed by atoms with Crippen molar-refractivity contribution in [2.75, 3.05) is 4.90 Å². The molecule has 0 aromatic heterocycles. The summed E-state index contributed by atoms with van der Waals surface area (Å²) in [4.78, 5) is 13.0. The lowest BCUT2D eigenvalue weighted by molar-refractivity contribution is -0.107. The van der Waals surface area contributed by atoms with E-state index < -0.39 is 0 Å². The number of para-hydroxylation sites is 1. The van der Waals surface area contributed by atoms with E-state index in [-0.39, 0.29) is 0 Å². The van der Waals surface area contributed by atoms with Crippen LogP contribution in [-0.4, -0.2) is 6.41 Å². The molecular weight excluding hydrogens is 222 g/mol. The molecule has 0 atom stereocenters. The fourth-order valence-corrected chi connectivity index (χ4v) is 2.11. The maximum Gasteiger partial charge on any atom is 0.214 e. The number of amides is 1. The average molecular weight is 233 g/mol. The van der Waals surface area contributed by atoms with Crippen molar-refractivity contribution in [2.45, 2.75) is 6.54 Å². The first-order chi connectivity index (χ1) is 8.88. The number of hydrogen-bond donors (Lipinski definition) is 0. The Bertz CT molecular complexity index is 664. The summed E-state index contributed by atoms with van der Waals surface area (Å²) in [5.41, 5.74) is 3.82. The van der Waals surface area contributed by atoms with E-state index in [4.69, 9.17) is 0 Å². The molecule has 3 rings (SSSR count). The van der Waals surface area contributed by atoms with Gasteiger partial charge in [-0.1, -0.05) is 42.2 Å². The van der Waals surface area contributed by atoms with Crippen molar-refractivity contribution in [3.63, 3.8) is 0 Å². The lowest BCUT2D eigenvalue weighted by Gasteiger charge is -2.21. The van der Waals surface area contributed by atoms with Gasteiger partial charge in [-0.2, -0.15) is 0 Å². The van der Waals surface area contributed by atoms with E-state index in [0.717, 1.165) is 28.8 Å². The van der Waals surface area contributed by atoms with E-state index in [2.05, 4.69) is 11.8 Å². The van der Waals surface area contributed by atoms with Gasteiger partial charge in [-0.15, -0.1) is 0 Å². The van der Waals surface area contributed by atoms with Gasteiger partial charge in [0.25, 0.3) is 0 Å². The number of carbonyl (C=O) groups excluding carboxylic acids is 1. The first-order valence-electron chi connectivity index (χ1n) is 5.79. The Morgan fingerprint density at radius 2 is 1.61 bits per heavy atom. The van der Waals surface area contributed by atoms with Gasteiger partial charge in [-0.3, -0.25) is 4.79 Å². The summed E-state index contributed by atoms with van der Waals surface area (Å²) in [6.45, 7) is 0.561. The highest BCUT2D eigenvalue weighted by Crippen LogP contribution is 2.23. The van der Waals surface area contributed by atoms with Crippen LogP contribution < -0.4 is 4.90 Å². The van der Waals surface area contributed by atoms with Gasteiger partial charge in [0.2, 0.25) is 6.41 Å². The van der Waals surface area contributed by atoms with E-state index in [1.165, 1.54) is 0 Å². The van der Waals surface area contributed by atoms with Crippen LogP contribution in [-0.2, 0) is 11.3 Å². The van der Waals surface area contributed by atoms with Crippen molar-refractivity contribution < 1.29 is 4.79 Å². The number of nitrogens with zero attached hydrogens (tertiary/aromatic N) is 1. The number of rotatable bonds is 1. The highest BCUT2D eigenvalue weighted by Gasteiger charge is 2.13. The molecule has 86 valence electrons. The van der Waals surface area contributed by atoms with E-state index in [0.29, 0.717) is 6.54 Å². The zero-order valence-electron chi connectivity index (χ0n) is 9.76. The van der Waals surface area contributed by atoms with E-state index in [1.807, 2.05) is 48.5 Å². The van der Waals surface area contributed by atoms with Crippen LogP contribution in [0.5, 0.6) is 0 Å². The number of hydrogen-bond acceptors (Lipinski definition) is 1. The van der Waals surface area contributed by atoms with Crippen LogP contribution >= 0.6 is 0 Å². The van der Waals surface area contributed by atoms with Gasteiger partial charge in [0.05, 0.1) is 12.2 Å². The van der Waals surface area contributed by atoms with Crippen LogP contribution in [0, 0.1) is 11.8 Å². The molecule has 0 aliphatic carbocycles. The van der Waals surface area contributed by atoms with Crippen LogP contribution in [0.3, 0.4) is 0 Å². The molecule has 0 unspecified atom stereocenters. The minimum absolute atomic E-state index is 0.561. The molecule has 2 heteroatoms. The summed E-state index contributed by atoms with van der Waals surface area (Å²) in [6, 6.07) is 15.6. The van der Waals surface area contributed by atoms with Gasteiger partial charge in [0.1, 0.15) is 0 Å². The Morgan fingerprint density at radius 3 is 2.44 bits per heavy atom. The third kappa shape index (κ3) is 1.76. The summed E-state index contributed by atoms with van der Waals surface area (Å²) >= 11 is 0. The minimum Gasteiger partial charge on any atom is -0.309 e. The highest BCUT2D eigenvalue weighted by molar-refractivity contribution is 5.80. The summed E-state index contributed by atoms with van der Waals surface area (Å²) in [5.74, 6) is 6.31. The molecule has 18 heavy (non-hydrogen) atoms. The van der Waals surface area contributed by atoms with Gasteiger partial charge in [-0.25, -0.2) is 0 Å². The van der Waals surface area contributed by atoms with Crippen LogP contribution in [0.4, 0.5) is 5.69 Å². The number of benzene rings is 2. The summed E-state index contributed by atoms with van der Waals surface area (Å²) in [7, 11) is 0. The van der Waals surface area contributed by atoms with Crippen molar-refractivity contribution in [2.24, 2.45) is 0 Å². The molecule has 0 spiro atoms. The SMILES string of the molecule is O=CN1Cc2ccccc2C#Cc2ccccc21. The predicted octanol–water partition coefficient (Wildman–Crippen LogP) is 2.56. The third-order valence-electron chi connectivity index (χ3n) is 3.03. The predicted molar refractivity (Wildman–Crippen MR) is 71.1 cm³/mol. The molecule has 0 N–H and O–H groups in total. The van der Waals surface area contributed by atoms with Crippen molar-refractivity contribution in [3.8, 4) is 11.8 Å². The Morgan fingerprint density at radius 1 is 0.944 bits per heavy atom. The summed E-state index contributed by atoms with van der Waals surface area (Å²) in [6.07, 6.45) is 0.864. The fraction of sp³-hybridized carbons (Fsp3) is 0.0625. The summed E-state index contributed by atoms with van der Waals surface area (Å²) < 4.78 is 0. The van der Waals surface area contributed by atoms with Gasteiger partial charge < -0.3 is 4.90 Å². The van der Waals surface area contributed by atoms with Gasteiger partial charge in [0.15, 0.2) is 0 Å². The molecule has 1 amide bonds. The molecule has 2 aromatic carbocycles. The van der Waals surface area contributed by atoms with Crippen molar-refractivity contribution in [1.29, 1.82) is 0 Å². The molecule has 0 bridgehead atoms. The molecular formula is C16H11NO. The van der Waals surface area contributed by atoms with Crippen molar-refractivity contribution in [3.05, 3.63) is 65.2 Å². The standard InChI is InChI=1S/C16H11NO/c18-12-17-11-15-7-2-1-5-13(15)9-10-14-6-3-4-8-16(14)17/h1-8,12H,11H2. The highest BCUT2D eigenvalue weighted by atomic mass is 16.1. The lowest BCUT2D eigenvalue weighted by atomic mass is 10.0. The normalized spacial score (nSPS) is 12.3. The molecule has 2 aromatic rings. The lowest BCUT2D eigenvalue weighted by Crippen LogP contribution is -2.22. The topological polar surface area (TPSA) is 20.3 Å². The van der Waals surface area contributed by atoms with Crippen LogP contribution in [0.25, 0.3) is 0 Å². The molecule has 1 aliphatic rings. The smallest absolute Gasteiger partial charge is 0.214 e. The fourth-order valence-electron chi connectivity index (χ4n) is 2.11. The summed E-state index contributed by atoms with van der Waals surface area (Å²) in [5, 5.41) is 0. The van der Waals surface area contributed by atoms with E-state index in [9.17, 15) is 4.79 Å². The largest absolute Gasteiger partial charge is 0.309 e. The maximum atomic E-state index is 11.3. The molecule has 0 radical (unpaired) electrons. The second-order valence-corrected chi connectivity index (χ2v) is 4.16. The monoisotopic (exact) mass is 233 g/mol. The average Bonchev–Trinajstić information content (AvgIpc) is 2.41. The first-order valence-corrected chi connectivity index (χ1v) is 5.79. The molecule has 2 nitrogen and oxygen atoms in total. The number of anilines is 1. The second-order valence-electron chi connectivity index (χ2n) is 4.16. The van der Waals surface area contributed by atoms with Crippen molar-refractivity contribution in [1.82, 2.24) is 0 Å². The Balaban J connectivity index is 2.22. The zero-order chi connectivity index (χ0) is 12.4. The maximum absolute atomic E-state index is 11.3. The molecule has 0 saturated carbocycles. The molecule has 1 aliphatic heterocycles. The Labute approximate surface area is 106 Å².